The highest BCUT2D eigenvalue weighted by molar-refractivity contribution is 6.42. The molecule has 5 nitrogen and oxygen atoms in total. The predicted octanol–water partition coefficient (Wildman–Crippen LogP) is 3.96. The van der Waals surface area contributed by atoms with Crippen LogP contribution in [-0.4, -0.2) is 25.5 Å². The molecule has 2 rings (SSSR count). The van der Waals surface area contributed by atoms with Crippen LogP contribution in [0.4, 0.5) is 0 Å². The summed E-state index contributed by atoms with van der Waals surface area (Å²) in [5, 5.41) is 2.70. The van der Waals surface area contributed by atoms with Crippen molar-refractivity contribution in [2.45, 2.75) is 26.6 Å². The topological polar surface area (TPSA) is 64.6 Å². The lowest BCUT2D eigenvalue weighted by atomic mass is 9.80. The molecule has 0 fully saturated rings. The summed E-state index contributed by atoms with van der Waals surface area (Å²) in [5.41, 5.74) is -0.413. The second kappa shape index (κ2) is 7.93. The van der Waals surface area contributed by atoms with Gasteiger partial charge in [0.25, 0.3) is 0 Å². The molecule has 1 atom stereocenters. The van der Waals surface area contributed by atoms with Gasteiger partial charge in [-0.1, -0.05) is 35.3 Å². The number of esters is 2. The van der Waals surface area contributed by atoms with Gasteiger partial charge in [-0.2, -0.15) is 0 Å². The number of methoxy groups -OCH3 is 1. The molecule has 7 heteroatoms. The third-order valence-corrected chi connectivity index (χ3v) is 4.56. The molecule has 0 bridgehead atoms. The molecule has 0 saturated heterocycles. The molecule has 1 aromatic carbocycles. The monoisotopic (exact) mass is 391 g/mol. The van der Waals surface area contributed by atoms with Gasteiger partial charge in [0.15, 0.2) is 0 Å². The predicted molar refractivity (Wildman–Crippen MR) is 96.4 cm³/mol. The second-order valence-corrected chi connectivity index (χ2v) is 5.94. The van der Waals surface area contributed by atoms with E-state index in [0.29, 0.717) is 0 Å². The van der Waals surface area contributed by atoms with Crippen molar-refractivity contribution >= 4 is 35.1 Å². The van der Waals surface area contributed by atoms with Crippen molar-refractivity contribution in [1.82, 2.24) is 5.32 Å². The minimum Gasteiger partial charge on any atom is -0.466 e. The van der Waals surface area contributed by atoms with Crippen LogP contribution in [0.1, 0.15) is 43.1 Å². The Hall–Kier alpha value is -1.98. The number of nitrogens with one attached hydrogen (secondary N) is 1. The lowest BCUT2D eigenvalue weighted by Gasteiger charge is -2.30. The fraction of sp³-hybridized carbons (Fsp3) is 0.333. The fourth-order valence-corrected chi connectivity index (χ4v) is 3.16. The van der Waals surface area contributed by atoms with Crippen molar-refractivity contribution in [3.05, 3.63) is 56.3 Å². The summed E-state index contributed by atoms with van der Waals surface area (Å²) in [6.07, 6.45) is 0. The van der Waals surface area contributed by atoms with Crippen molar-refractivity contribution in [3.8, 4) is 0 Å². The number of dihydropyridines is 1. The largest absolute Gasteiger partial charge is 0.466 e. The van der Waals surface area contributed by atoms with Gasteiger partial charge in [0.05, 0.1) is 47.6 Å². The number of hydrogen-bond donors (Lipinski definition) is 1. The summed E-state index contributed by atoms with van der Waals surface area (Å²) in [6, 6.07) is 4.32. The highest BCUT2D eigenvalue weighted by Gasteiger charge is 2.38. The van der Waals surface area contributed by atoms with E-state index in [4.69, 9.17) is 34.2 Å². The van der Waals surface area contributed by atoms with Gasteiger partial charge < -0.3 is 14.8 Å². The third-order valence-electron chi connectivity index (χ3n) is 3.73. The number of rotatable bonds is 4. The zero-order chi connectivity index (χ0) is 25.5. The van der Waals surface area contributed by atoms with E-state index in [1.54, 1.807) is 0 Å². The van der Waals surface area contributed by atoms with Gasteiger partial charge >= 0.3 is 11.9 Å². The van der Waals surface area contributed by atoms with Crippen LogP contribution < -0.4 is 5.32 Å². The van der Waals surface area contributed by atoms with E-state index in [1.807, 2.05) is 0 Å². The molecule has 1 aromatic rings. The Morgan fingerprint density at radius 1 is 1.24 bits per heavy atom. The zero-order valence-electron chi connectivity index (χ0n) is 21.2. The van der Waals surface area contributed by atoms with Crippen molar-refractivity contribution in [1.29, 1.82) is 0 Å². The van der Waals surface area contributed by atoms with E-state index in [0.717, 1.165) is 0 Å². The Balaban J connectivity index is 2.72. The molecule has 1 aliphatic rings. The molecule has 0 spiro atoms. The number of ether oxygens (including phenoxy) is 2. The summed E-state index contributed by atoms with van der Waals surface area (Å²) in [4.78, 5) is 25.9. The first-order valence-corrected chi connectivity index (χ1v) is 7.72. The van der Waals surface area contributed by atoms with E-state index in [2.05, 4.69) is 14.8 Å². The number of carbonyl (C=O) groups is 2. The minimum absolute atomic E-state index is 0.0529. The molecule has 0 amide bonds. The summed E-state index contributed by atoms with van der Waals surface area (Å²) in [7, 11) is -3.11. The standard InChI is InChI=1S/C18H19Cl2NO4/c1-5-25-18(23)14-10(3)21-9(2)13(17(22)24-4)15(14)11-7-6-8-12(19)16(11)20/h6-8,15,21H,5H2,1-4H3/i1D3,4D3,5D2. The molecule has 0 radical (unpaired) electrons. The van der Waals surface area contributed by atoms with Gasteiger partial charge in [-0.05, 0) is 32.3 Å². The maximum absolute atomic E-state index is 13.0. The number of halogens is 2. The molecule has 0 aromatic heterocycles. The van der Waals surface area contributed by atoms with Crippen molar-refractivity contribution in [3.63, 3.8) is 0 Å². The Labute approximate surface area is 167 Å². The first-order valence-electron chi connectivity index (χ1n) is 11.0. The van der Waals surface area contributed by atoms with Crippen LogP contribution in [0.2, 0.25) is 10.0 Å². The van der Waals surface area contributed by atoms with Crippen LogP contribution >= 0.6 is 23.2 Å². The van der Waals surface area contributed by atoms with Crippen molar-refractivity contribution in [2.75, 3.05) is 13.6 Å². The van der Waals surface area contributed by atoms with E-state index < -0.39 is 38.3 Å². The average Bonchev–Trinajstić information content (AvgIpc) is 2.60. The van der Waals surface area contributed by atoms with Gasteiger partial charge in [0.2, 0.25) is 0 Å². The van der Waals surface area contributed by atoms with E-state index in [9.17, 15) is 9.59 Å². The van der Waals surface area contributed by atoms with Crippen LogP contribution in [0.3, 0.4) is 0 Å². The molecule has 134 valence electrons. The smallest absolute Gasteiger partial charge is 0.336 e. The maximum Gasteiger partial charge on any atom is 0.336 e. The van der Waals surface area contributed by atoms with Crippen LogP contribution in [0.15, 0.2) is 40.7 Å². The lowest BCUT2D eigenvalue weighted by molar-refractivity contribution is -0.139. The summed E-state index contributed by atoms with van der Waals surface area (Å²) in [5.74, 6) is -4.13. The summed E-state index contributed by atoms with van der Waals surface area (Å²) in [6.45, 7) is -3.84. The molecular weight excluding hydrogens is 365 g/mol. The van der Waals surface area contributed by atoms with Gasteiger partial charge in [-0.15, -0.1) is 0 Å². The number of allylic oxidation sites excluding steroid dienone is 2. The first-order chi connectivity index (χ1) is 14.9. The number of hydrogen-bond acceptors (Lipinski definition) is 5. The number of carbonyl (C=O) groups excluding carboxylic acids is 2. The van der Waals surface area contributed by atoms with Crippen LogP contribution in [0, 0.1) is 0 Å². The zero-order valence-corrected chi connectivity index (χ0v) is 14.7. The Bertz CT molecular complexity index is 1050. The van der Waals surface area contributed by atoms with Gasteiger partial charge in [-0.25, -0.2) is 9.59 Å². The molecule has 0 aliphatic carbocycles. The van der Waals surface area contributed by atoms with Gasteiger partial charge in [-0.3, -0.25) is 0 Å². The van der Waals surface area contributed by atoms with E-state index in [1.165, 1.54) is 32.0 Å². The van der Waals surface area contributed by atoms with Crippen LogP contribution in [0.5, 0.6) is 0 Å². The molecular formula is C18H19Cl2NO4. The maximum atomic E-state index is 13.0. The van der Waals surface area contributed by atoms with Gasteiger partial charge in [0.1, 0.15) is 0 Å². The quantitative estimate of drug-likeness (QED) is 0.786. The Morgan fingerprint density at radius 2 is 1.92 bits per heavy atom. The highest BCUT2D eigenvalue weighted by atomic mass is 35.5. The van der Waals surface area contributed by atoms with Crippen LogP contribution in [0.25, 0.3) is 0 Å². The van der Waals surface area contributed by atoms with Gasteiger partial charge in [0, 0.05) is 15.5 Å². The average molecular weight is 392 g/mol. The SMILES string of the molecule is [2H]C([2H])([2H])OC(=O)C1=C(C)NC(C)=C(C(=O)OC([2H])([2H])C([2H])([2H])[2H])C1c1cccc(Cl)c1Cl. The fourth-order valence-electron chi connectivity index (χ4n) is 2.75. The summed E-state index contributed by atoms with van der Waals surface area (Å²) < 4.78 is 68.0. The lowest BCUT2D eigenvalue weighted by Crippen LogP contribution is -2.32. The molecule has 1 unspecified atom stereocenters. The molecule has 0 saturated carbocycles. The Morgan fingerprint density at radius 3 is 2.56 bits per heavy atom. The van der Waals surface area contributed by atoms with E-state index in [-0.39, 0.29) is 38.1 Å². The minimum atomic E-state index is -3.37. The normalized spacial score (nSPS) is 23.6. The first kappa shape index (κ1) is 10.9. The third kappa shape index (κ3) is 3.67. The molecule has 1 N–H and O–H groups in total. The highest BCUT2D eigenvalue weighted by Crippen LogP contribution is 2.43. The second-order valence-electron chi connectivity index (χ2n) is 5.16. The summed E-state index contributed by atoms with van der Waals surface area (Å²) >= 11 is 12.4. The van der Waals surface area contributed by atoms with Crippen molar-refractivity contribution in [2.24, 2.45) is 0 Å². The molecule has 1 aliphatic heterocycles. The Kier molecular flexibility index (Phi) is 3.45. The number of benzene rings is 1. The van der Waals surface area contributed by atoms with Crippen LogP contribution in [-0.2, 0) is 19.1 Å². The molecule has 25 heavy (non-hydrogen) atoms. The van der Waals surface area contributed by atoms with Crippen molar-refractivity contribution < 1.29 is 30.0 Å². The van der Waals surface area contributed by atoms with E-state index >= 15 is 0 Å². The molecule has 1 heterocycles.